The predicted molar refractivity (Wildman–Crippen MR) is 77.8 cm³/mol. The quantitative estimate of drug-likeness (QED) is 0.939. The summed E-state index contributed by atoms with van der Waals surface area (Å²) in [5, 5.41) is 0. The van der Waals surface area contributed by atoms with Gasteiger partial charge in [-0.15, -0.1) is 0 Å². The summed E-state index contributed by atoms with van der Waals surface area (Å²) >= 11 is 0. The summed E-state index contributed by atoms with van der Waals surface area (Å²) in [5.41, 5.74) is 1.80. The van der Waals surface area contributed by atoms with Gasteiger partial charge in [-0.3, -0.25) is 4.72 Å². The van der Waals surface area contributed by atoms with Crippen LogP contribution < -0.4 is 4.72 Å². The first-order valence-electron chi connectivity index (χ1n) is 6.26. The number of hydrogen-bond donors (Lipinski definition) is 1. The molecule has 2 rings (SSSR count). The Morgan fingerprint density at radius 3 is 2.05 bits per heavy atom. The number of aryl methyl sites for hydroxylation is 3. The van der Waals surface area contributed by atoms with Gasteiger partial charge >= 0.3 is 0 Å². The van der Waals surface area contributed by atoms with E-state index in [4.69, 9.17) is 0 Å². The molecule has 0 aromatic heterocycles. The molecule has 0 aliphatic heterocycles. The number of benzene rings is 2. The minimum Gasteiger partial charge on any atom is -0.277 e. The van der Waals surface area contributed by atoms with Crippen LogP contribution in [0.15, 0.2) is 35.2 Å². The second-order valence-electron chi connectivity index (χ2n) is 4.96. The van der Waals surface area contributed by atoms with Gasteiger partial charge in [0, 0.05) is 6.07 Å². The van der Waals surface area contributed by atoms with E-state index in [2.05, 4.69) is 4.72 Å². The first kappa shape index (κ1) is 15.4. The first-order valence-corrected chi connectivity index (χ1v) is 7.75. The minimum atomic E-state index is -3.94. The van der Waals surface area contributed by atoms with Gasteiger partial charge in [0.05, 0.1) is 10.6 Å². The number of sulfonamides is 1. The van der Waals surface area contributed by atoms with E-state index in [0.29, 0.717) is 17.2 Å². The van der Waals surface area contributed by atoms with Gasteiger partial charge in [0.2, 0.25) is 0 Å². The van der Waals surface area contributed by atoms with E-state index in [9.17, 15) is 17.2 Å². The molecule has 0 atom stereocenters. The van der Waals surface area contributed by atoms with Gasteiger partial charge < -0.3 is 0 Å². The second-order valence-corrected chi connectivity index (χ2v) is 6.58. The monoisotopic (exact) mass is 311 g/mol. The summed E-state index contributed by atoms with van der Waals surface area (Å²) in [6, 6.07) is 6.16. The first-order chi connectivity index (χ1) is 9.70. The van der Waals surface area contributed by atoms with Crippen LogP contribution >= 0.6 is 0 Å². The molecular formula is C15H15F2NO2S. The highest BCUT2D eigenvalue weighted by Crippen LogP contribution is 2.25. The van der Waals surface area contributed by atoms with E-state index in [1.807, 2.05) is 6.92 Å². The fourth-order valence-electron chi connectivity index (χ4n) is 2.36. The topological polar surface area (TPSA) is 46.2 Å². The Hall–Kier alpha value is -1.95. The SMILES string of the molecule is Cc1cc(C)c(S(=O)(=O)Nc2ccc(F)cc2F)c(C)c1. The molecule has 21 heavy (non-hydrogen) atoms. The molecule has 1 N–H and O–H groups in total. The van der Waals surface area contributed by atoms with Crippen LogP contribution in [0, 0.1) is 32.4 Å². The third kappa shape index (κ3) is 3.21. The Labute approximate surface area is 122 Å². The standard InChI is InChI=1S/C15H15F2NO2S/c1-9-6-10(2)15(11(3)7-9)21(19,20)18-14-5-4-12(16)8-13(14)17/h4-8,18H,1-3H3. The second kappa shape index (κ2) is 5.44. The van der Waals surface area contributed by atoms with E-state index in [-0.39, 0.29) is 10.6 Å². The minimum absolute atomic E-state index is 0.108. The molecule has 0 fully saturated rings. The van der Waals surface area contributed by atoms with Gasteiger partial charge in [0.1, 0.15) is 11.6 Å². The van der Waals surface area contributed by atoms with Crippen LogP contribution in [0.3, 0.4) is 0 Å². The number of rotatable bonds is 3. The molecule has 0 spiro atoms. The highest BCUT2D eigenvalue weighted by molar-refractivity contribution is 7.92. The van der Waals surface area contributed by atoms with Crippen molar-refractivity contribution in [3.63, 3.8) is 0 Å². The van der Waals surface area contributed by atoms with Gasteiger partial charge in [-0.1, -0.05) is 17.7 Å². The lowest BCUT2D eigenvalue weighted by Gasteiger charge is -2.14. The Bertz CT molecular complexity index is 778. The zero-order valence-electron chi connectivity index (χ0n) is 11.9. The summed E-state index contributed by atoms with van der Waals surface area (Å²) in [5.74, 6) is -1.72. The Morgan fingerprint density at radius 2 is 1.52 bits per heavy atom. The van der Waals surface area contributed by atoms with Crippen molar-refractivity contribution in [1.29, 1.82) is 0 Å². The maximum atomic E-state index is 13.6. The molecule has 6 heteroatoms. The van der Waals surface area contributed by atoms with Crippen molar-refractivity contribution in [1.82, 2.24) is 0 Å². The van der Waals surface area contributed by atoms with Crippen molar-refractivity contribution in [2.75, 3.05) is 4.72 Å². The van der Waals surface area contributed by atoms with E-state index in [1.165, 1.54) is 0 Å². The lowest BCUT2D eigenvalue weighted by molar-refractivity contribution is 0.582. The smallest absolute Gasteiger partial charge is 0.262 e. The maximum absolute atomic E-state index is 13.6. The van der Waals surface area contributed by atoms with Gasteiger partial charge in [-0.25, -0.2) is 17.2 Å². The number of anilines is 1. The maximum Gasteiger partial charge on any atom is 0.262 e. The van der Waals surface area contributed by atoms with Gasteiger partial charge in [-0.05, 0) is 44.0 Å². The van der Waals surface area contributed by atoms with E-state index < -0.39 is 21.7 Å². The number of halogens is 2. The van der Waals surface area contributed by atoms with Crippen molar-refractivity contribution < 1.29 is 17.2 Å². The molecule has 2 aromatic rings. The third-order valence-electron chi connectivity index (χ3n) is 3.05. The van der Waals surface area contributed by atoms with Gasteiger partial charge in [-0.2, -0.15) is 0 Å². The molecule has 0 saturated carbocycles. The van der Waals surface area contributed by atoms with E-state index in [1.54, 1.807) is 26.0 Å². The zero-order chi connectivity index (χ0) is 15.8. The Morgan fingerprint density at radius 1 is 0.952 bits per heavy atom. The average Bonchev–Trinajstić information content (AvgIpc) is 2.30. The normalized spacial score (nSPS) is 11.5. The molecule has 0 radical (unpaired) electrons. The Balaban J connectivity index is 2.48. The highest BCUT2D eigenvalue weighted by Gasteiger charge is 2.21. The van der Waals surface area contributed by atoms with Crippen LogP contribution in [0.4, 0.5) is 14.5 Å². The van der Waals surface area contributed by atoms with E-state index in [0.717, 1.165) is 17.7 Å². The van der Waals surface area contributed by atoms with Crippen molar-refractivity contribution >= 4 is 15.7 Å². The summed E-state index contributed by atoms with van der Waals surface area (Å²) in [6.07, 6.45) is 0. The molecular weight excluding hydrogens is 296 g/mol. The van der Waals surface area contributed by atoms with Crippen LogP contribution in [0.5, 0.6) is 0 Å². The largest absolute Gasteiger partial charge is 0.277 e. The molecule has 2 aromatic carbocycles. The van der Waals surface area contributed by atoms with Crippen LogP contribution in [0.2, 0.25) is 0 Å². The van der Waals surface area contributed by atoms with Gasteiger partial charge in [0.15, 0.2) is 0 Å². The zero-order valence-corrected chi connectivity index (χ0v) is 12.7. The van der Waals surface area contributed by atoms with Crippen molar-refractivity contribution in [2.24, 2.45) is 0 Å². The lowest BCUT2D eigenvalue weighted by Crippen LogP contribution is -2.16. The van der Waals surface area contributed by atoms with Crippen LogP contribution in [-0.4, -0.2) is 8.42 Å². The van der Waals surface area contributed by atoms with Crippen LogP contribution in [0.1, 0.15) is 16.7 Å². The molecule has 112 valence electrons. The van der Waals surface area contributed by atoms with Gasteiger partial charge in [0.25, 0.3) is 10.0 Å². The summed E-state index contributed by atoms with van der Waals surface area (Å²) < 4.78 is 53.5. The number of nitrogens with one attached hydrogen (secondary N) is 1. The Kier molecular flexibility index (Phi) is 4.00. The predicted octanol–water partition coefficient (Wildman–Crippen LogP) is 3.69. The summed E-state index contributed by atoms with van der Waals surface area (Å²) in [4.78, 5) is 0.108. The molecule has 0 saturated heterocycles. The van der Waals surface area contributed by atoms with E-state index >= 15 is 0 Å². The average molecular weight is 311 g/mol. The fourth-order valence-corrected chi connectivity index (χ4v) is 3.88. The van der Waals surface area contributed by atoms with Crippen molar-refractivity contribution in [3.8, 4) is 0 Å². The summed E-state index contributed by atoms with van der Waals surface area (Å²) in [6.45, 7) is 5.22. The van der Waals surface area contributed by atoms with Crippen molar-refractivity contribution in [3.05, 3.63) is 58.7 Å². The molecule has 0 aliphatic carbocycles. The summed E-state index contributed by atoms with van der Waals surface area (Å²) in [7, 11) is -3.94. The third-order valence-corrected chi connectivity index (χ3v) is 4.72. The number of hydrogen-bond acceptors (Lipinski definition) is 2. The molecule has 0 heterocycles. The van der Waals surface area contributed by atoms with Crippen LogP contribution in [0.25, 0.3) is 0 Å². The molecule has 0 bridgehead atoms. The fraction of sp³-hybridized carbons (Fsp3) is 0.200. The van der Waals surface area contributed by atoms with Crippen molar-refractivity contribution in [2.45, 2.75) is 25.7 Å². The van der Waals surface area contributed by atoms with Crippen LogP contribution in [-0.2, 0) is 10.0 Å². The highest BCUT2D eigenvalue weighted by atomic mass is 32.2. The molecule has 3 nitrogen and oxygen atoms in total. The lowest BCUT2D eigenvalue weighted by atomic mass is 10.1. The molecule has 0 aliphatic rings. The molecule has 0 amide bonds. The molecule has 0 unspecified atom stereocenters.